The molecule has 1 atom stereocenters. The van der Waals surface area contributed by atoms with Crippen molar-refractivity contribution >= 4 is 17.5 Å². The fraction of sp³-hybridized carbons (Fsp3) is 0.0667. The number of hydrogen-bond acceptors (Lipinski definition) is 2. The van der Waals surface area contributed by atoms with Crippen LogP contribution in [-0.2, 0) is 0 Å². The van der Waals surface area contributed by atoms with Crippen molar-refractivity contribution in [1.82, 2.24) is 5.32 Å². The van der Waals surface area contributed by atoms with Crippen molar-refractivity contribution in [2.75, 3.05) is 0 Å². The molecule has 2 aromatic rings. The number of amides is 1. The molecule has 0 fully saturated rings. The van der Waals surface area contributed by atoms with Crippen LogP contribution in [0.2, 0.25) is 5.02 Å². The summed E-state index contributed by atoms with van der Waals surface area (Å²) in [5, 5.41) is 12.1. The molecule has 0 aromatic heterocycles. The van der Waals surface area contributed by atoms with E-state index >= 15 is 0 Å². The van der Waals surface area contributed by atoms with Crippen LogP contribution in [0, 0.1) is 17.1 Å². The summed E-state index contributed by atoms with van der Waals surface area (Å²) < 4.78 is 12.8. The van der Waals surface area contributed by atoms with Gasteiger partial charge in [-0.05, 0) is 35.9 Å². The molecule has 20 heavy (non-hydrogen) atoms. The predicted octanol–water partition coefficient (Wildman–Crippen LogP) is 3.47. The lowest BCUT2D eigenvalue weighted by atomic mass is 10.1. The largest absolute Gasteiger partial charge is 0.332 e. The van der Waals surface area contributed by atoms with Gasteiger partial charge < -0.3 is 5.32 Å². The number of benzene rings is 2. The van der Waals surface area contributed by atoms with E-state index in [0.717, 1.165) is 0 Å². The number of carbonyl (C=O) groups excluding carboxylic acids is 1. The number of hydrogen-bond donors (Lipinski definition) is 1. The highest BCUT2D eigenvalue weighted by atomic mass is 35.5. The second-order valence-corrected chi connectivity index (χ2v) is 4.53. The van der Waals surface area contributed by atoms with E-state index in [0.29, 0.717) is 16.1 Å². The molecule has 0 spiro atoms. The fourth-order valence-electron chi connectivity index (χ4n) is 1.69. The minimum Gasteiger partial charge on any atom is -0.332 e. The average Bonchev–Trinajstić information content (AvgIpc) is 2.45. The zero-order chi connectivity index (χ0) is 14.5. The molecule has 0 aliphatic heterocycles. The third-order valence-corrected chi connectivity index (χ3v) is 2.93. The molecule has 100 valence electrons. The van der Waals surface area contributed by atoms with E-state index in [9.17, 15) is 9.18 Å². The van der Waals surface area contributed by atoms with Crippen LogP contribution in [0.1, 0.15) is 22.0 Å². The zero-order valence-corrected chi connectivity index (χ0v) is 11.1. The summed E-state index contributed by atoms with van der Waals surface area (Å²) in [6, 6.07) is 12.9. The molecule has 2 aromatic carbocycles. The van der Waals surface area contributed by atoms with Gasteiger partial charge in [0.05, 0.1) is 6.07 Å². The number of nitrogens with one attached hydrogen (secondary N) is 1. The van der Waals surface area contributed by atoms with Crippen molar-refractivity contribution in [3.8, 4) is 6.07 Å². The van der Waals surface area contributed by atoms with Crippen LogP contribution in [-0.4, -0.2) is 5.91 Å². The molecular formula is C15H10ClFN2O. The van der Waals surface area contributed by atoms with Crippen molar-refractivity contribution in [2.24, 2.45) is 0 Å². The van der Waals surface area contributed by atoms with Gasteiger partial charge in [0, 0.05) is 10.6 Å². The Balaban J connectivity index is 2.17. The van der Waals surface area contributed by atoms with Gasteiger partial charge in [-0.3, -0.25) is 4.79 Å². The van der Waals surface area contributed by atoms with Crippen molar-refractivity contribution in [1.29, 1.82) is 5.26 Å². The van der Waals surface area contributed by atoms with Crippen LogP contribution in [0.15, 0.2) is 48.5 Å². The van der Waals surface area contributed by atoms with E-state index in [-0.39, 0.29) is 0 Å². The molecule has 0 unspecified atom stereocenters. The lowest BCUT2D eigenvalue weighted by molar-refractivity contribution is 0.0945. The SMILES string of the molecule is N#C[C@@H](NC(=O)c1cccc(Cl)c1)c1ccc(F)cc1. The Labute approximate surface area is 120 Å². The maximum Gasteiger partial charge on any atom is 0.252 e. The van der Waals surface area contributed by atoms with Crippen LogP contribution >= 0.6 is 11.6 Å². The number of rotatable bonds is 3. The molecule has 5 heteroatoms. The topological polar surface area (TPSA) is 52.9 Å². The lowest BCUT2D eigenvalue weighted by Gasteiger charge is -2.12. The van der Waals surface area contributed by atoms with Gasteiger partial charge in [-0.15, -0.1) is 0 Å². The number of halogens is 2. The zero-order valence-electron chi connectivity index (χ0n) is 10.3. The number of nitriles is 1. The molecule has 0 bridgehead atoms. The minimum atomic E-state index is -0.845. The summed E-state index contributed by atoms with van der Waals surface area (Å²) in [6.07, 6.45) is 0. The van der Waals surface area contributed by atoms with Crippen molar-refractivity contribution < 1.29 is 9.18 Å². The van der Waals surface area contributed by atoms with E-state index in [4.69, 9.17) is 16.9 Å². The Morgan fingerprint density at radius 3 is 2.55 bits per heavy atom. The van der Waals surface area contributed by atoms with E-state index in [1.54, 1.807) is 18.2 Å². The van der Waals surface area contributed by atoms with Crippen LogP contribution < -0.4 is 5.32 Å². The van der Waals surface area contributed by atoms with Crippen LogP contribution in [0.4, 0.5) is 4.39 Å². The van der Waals surface area contributed by atoms with E-state index in [2.05, 4.69) is 5.32 Å². The second-order valence-electron chi connectivity index (χ2n) is 4.10. The molecule has 0 aliphatic carbocycles. The maximum absolute atomic E-state index is 12.8. The van der Waals surface area contributed by atoms with Gasteiger partial charge in [-0.2, -0.15) is 5.26 Å². The molecule has 0 aliphatic rings. The van der Waals surface area contributed by atoms with Crippen molar-refractivity contribution in [3.05, 3.63) is 70.5 Å². The summed E-state index contributed by atoms with van der Waals surface area (Å²) >= 11 is 5.81. The summed E-state index contributed by atoms with van der Waals surface area (Å²) in [6.45, 7) is 0. The summed E-state index contributed by atoms with van der Waals surface area (Å²) in [5.41, 5.74) is 0.879. The Morgan fingerprint density at radius 1 is 1.25 bits per heavy atom. The van der Waals surface area contributed by atoms with Gasteiger partial charge in [0.15, 0.2) is 0 Å². The first-order valence-electron chi connectivity index (χ1n) is 5.81. The molecule has 1 N–H and O–H groups in total. The number of carbonyl (C=O) groups is 1. The quantitative estimate of drug-likeness (QED) is 0.940. The molecule has 0 saturated carbocycles. The third kappa shape index (κ3) is 3.34. The number of nitrogens with zero attached hydrogens (tertiary/aromatic N) is 1. The van der Waals surface area contributed by atoms with E-state index in [1.165, 1.54) is 30.3 Å². The maximum atomic E-state index is 12.8. The van der Waals surface area contributed by atoms with Gasteiger partial charge in [0.1, 0.15) is 11.9 Å². The second kappa shape index (κ2) is 6.18. The highest BCUT2D eigenvalue weighted by Crippen LogP contribution is 2.15. The van der Waals surface area contributed by atoms with Gasteiger partial charge in [-0.1, -0.05) is 29.8 Å². The molecule has 3 nitrogen and oxygen atoms in total. The molecule has 2 rings (SSSR count). The Bertz CT molecular complexity index is 664. The Morgan fingerprint density at radius 2 is 1.95 bits per heavy atom. The van der Waals surface area contributed by atoms with Crippen molar-refractivity contribution in [2.45, 2.75) is 6.04 Å². The van der Waals surface area contributed by atoms with Gasteiger partial charge in [-0.25, -0.2) is 4.39 Å². The molecule has 0 heterocycles. The molecule has 0 saturated heterocycles. The minimum absolute atomic E-state index is 0.361. The smallest absolute Gasteiger partial charge is 0.252 e. The van der Waals surface area contributed by atoms with Crippen LogP contribution in [0.5, 0.6) is 0 Å². The van der Waals surface area contributed by atoms with Crippen molar-refractivity contribution in [3.63, 3.8) is 0 Å². The lowest BCUT2D eigenvalue weighted by Crippen LogP contribution is -2.27. The molecule has 1 amide bonds. The van der Waals surface area contributed by atoms with E-state index < -0.39 is 17.8 Å². The normalized spacial score (nSPS) is 11.4. The van der Waals surface area contributed by atoms with Crippen LogP contribution in [0.3, 0.4) is 0 Å². The fourth-order valence-corrected chi connectivity index (χ4v) is 1.88. The summed E-state index contributed by atoms with van der Waals surface area (Å²) in [4.78, 5) is 12.0. The highest BCUT2D eigenvalue weighted by Gasteiger charge is 2.15. The molecule has 0 radical (unpaired) electrons. The van der Waals surface area contributed by atoms with Gasteiger partial charge in [0.2, 0.25) is 0 Å². The standard InChI is InChI=1S/C15H10ClFN2O/c16-12-3-1-2-11(8-12)15(20)19-14(9-18)10-4-6-13(17)7-5-10/h1-8,14H,(H,19,20)/t14-/m1/s1. The summed E-state index contributed by atoms with van der Waals surface area (Å²) in [5.74, 6) is -0.810. The van der Waals surface area contributed by atoms with Gasteiger partial charge >= 0.3 is 0 Å². The third-order valence-electron chi connectivity index (χ3n) is 2.69. The van der Waals surface area contributed by atoms with Crippen LogP contribution in [0.25, 0.3) is 0 Å². The van der Waals surface area contributed by atoms with E-state index in [1.807, 2.05) is 6.07 Å². The monoisotopic (exact) mass is 288 g/mol. The Kier molecular flexibility index (Phi) is 4.34. The Hall–Kier alpha value is -2.38. The van der Waals surface area contributed by atoms with Gasteiger partial charge in [0.25, 0.3) is 5.91 Å². The first-order valence-corrected chi connectivity index (χ1v) is 6.19. The molecular weight excluding hydrogens is 279 g/mol. The predicted molar refractivity (Wildman–Crippen MR) is 73.7 cm³/mol. The highest BCUT2D eigenvalue weighted by molar-refractivity contribution is 6.30. The summed E-state index contributed by atoms with van der Waals surface area (Å²) in [7, 11) is 0. The first kappa shape index (κ1) is 14.0. The first-order chi connectivity index (χ1) is 9.60. The average molecular weight is 289 g/mol.